The number of hydrogen-bond donors (Lipinski definition) is 2. The molecule has 0 fully saturated rings. The van der Waals surface area contributed by atoms with Crippen LogP contribution in [0.25, 0.3) is 0 Å². The topological polar surface area (TPSA) is 62.0 Å². The van der Waals surface area contributed by atoms with E-state index < -0.39 is 0 Å². The van der Waals surface area contributed by atoms with Crippen molar-refractivity contribution in [3.05, 3.63) is 47.5 Å². The summed E-state index contributed by atoms with van der Waals surface area (Å²) in [5.41, 5.74) is 3.40. The van der Waals surface area contributed by atoms with Crippen LogP contribution in [0, 0.1) is 6.92 Å². The Hall–Kier alpha value is -2.49. The van der Waals surface area contributed by atoms with Gasteiger partial charge in [0, 0.05) is 11.6 Å². The summed E-state index contributed by atoms with van der Waals surface area (Å²) in [6.45, 7) is 3.92. The highest BCUT2D eigenvalue weighted by Crippen LogP contribution is 2.40. The predicted octanol–water partition coefficient (Wildman–Crippen LogP) is 3.70. The average Bonchev–Trinajstić information content (AvgIpc) is 2.47. The highest BCUT2D eigenvalue weighted by atomic mass is 16.5. The lowest BCUT2D eigenvalue weighted by Crippen LogP contribution is -2.30. The first kappa shape index (κ1) is 13.5. The van der Waals surface area contributed by atoms with Gasteiger partial charge in [-0.15, -0.1) is 0 Å². The van der Waals surface area contributed by atoms with Gasteiger partial charge in [0.25, 0.3) is 0 Å². The maximum atomic E-state index is 9.69. The van der Waals surface area contributed by atoms with Gasteiger partial charge in [-0.2, -0.15) is 0 Å². The number of hydrogen-bond acceptors (Lipinski definition) is 4. The van der Waals surface area contributed by atoms with Crippen molar-refractivity contribution in [2.75, 3.05) is 0 Å². The summed E-state index contributed by atoms with van der Waals surface area (Å²) in [4.78, 5) is 4.74. The highest BCUT2D eigenvalue weighted by Gasteiger charge is 2.25. The first-order valence-corrected chi connectivity index (χ1v) is 6.96. The second-order valence-corrected chi connectivity index (χ2v) is 5.17. The van der Waals surface area contributed by atoms with E-state index in [1.807, 2.05) is 26.0 Å². The van der Waals surface area contributed by atoms with Crippen molar-refractivity contribution in [2.24, 2.45) is 4.99 Å². The van der Waals surface area contributed by atoms with E-state index in [-0.39, 0.29) is 17.6 Å². The van der Waals surface area contributed by atoms with Crippen molar-refractivity contribution >= 4 is 11.4 Å². The lowest BCUT2D eigenvalue weighted by Gasteiger charge is -2.26. The minimum absolute atomic E-state index is 0.164. The van der Waals surface area contributed by atoms with E-state index in [4.69, 9.17) is 9.73 Å². The predicted molar refractivity (Wildman–Crippen MR) is 81.9 cm³/mol. The van der Waals surface area contributed by atoms with Crippen LogP contribution in [0.3, 0.4) is 0 Å². The molecule has 2 aromatic carbocycles. The fourth-order valence-corrected chi connectivity index (χ4v) is 2.52. The zero-order valence-electron chi connectivity index (χ0n) is 12.0. The van der Waals surface area contributed by atoms with E-state index >= 15 is 0 Å². The molecular weight excluding hydrogens is 266 g/mol. The van der Waals surface area contributed by atoms with Crippen molar-refractivity contribution in [3.63, 3.8) is 0 Å². The van der Waals surface area contributed by atoms with Gasteiger partial charge in [0.05, 0.1) is 5.71 Å². The summed E-state index contributed by atoms with van der Waals surface area (Å²) in [6.07, 6.45) is 0.608. The standard InChI is InChI=1S/C17H17NO3/c1-3-14-17(11-4-6-12(19)7-5-11)18-16-10(2)8-13(20)9-15(16)21-14/h4-9,14,19-20H,3H2,1-2H3. The summed E-state index contributed by atoms with van der Waals surface area (Å²) in [5, 5.41) is 19.1. The quantitative estimate of drug-likeness (QED) is 0.883. The molecule has 108 valence electrons. The van der Waals surface area contributed by atoms with Gasteiger partial charge in [-0.3, -0.25) is 0 Å². The molecule has 0 saturated heterocycles. The van der Waals surface area contributed by atoms with Crippen molar-refractivity contribution in [1.29, 1.82) is 0 Å². The Morgan fingerprint density at radius 2 is 1.81 bits per heavy atom. The van der Waals surface area contributed by atoms with Gasteiger partial charge in [-0.25, -0.2) is 4.99 Å². The number of benzene rings is 2. The first-order chi connectivity index (χ1) is 10.1. The molecule has 0 saturated carbocycles. The number of aromatic hydroxyl groups is 2. The molecule has 3 rings (SSSR count). The minimum atomic E-state index is -0.164. The molecule has 2 N–H and O–H groups in total. The van der Waals surface area contributed by atoms with Crippen LogP contribution < -0.4 is 4.74 Å². The normalized spacial score (nSPS) is 16.9. The number of aryl methyl sites for hydroxylation is 1. The van der Waals surface area contributed by atoms with Crippen molar-refractivity contribution in [1.82, 2.24) is 0 Å². The van der Waals surface area contributed by atoms with Gasteiger partial charge in [-0.05, 0) is 49.2 Å². The molecule has 0 bridgehead atoms. The van der Waals surface area contributed by atoms with E-state index in [9.17, 15) is 10.2 Å². The average molecular weight is 283 g/mol. The first-order valence-electron chi connectivity index (χ1n) is 6.96. The molecule has 0 spiro atoms. The summed E-state index contributed by atoms with van der Waals surface area (Å²) >= 11 is 0. The van der Waals surface area contributed by atoms with Crippen LogP contribution in [0.4, 0.5) is 5.69 Å². The number of ether oxygens (including phenoxy) is 1. The van der Waals surface area contributed by atoms with Gasteiger partial charge >= 0.3 is 0 Å². The Kier molecular flexibility index (Phi) is 3.29. The summed E-state index contributed by atoms with van der Waals surface area (Å²) < 4.78 is 5.99. The third kappa shape index (κ3) is 2.44. The molecule has 0 aromatic heterocycles. The van der Waals surface area contributed by atoms with Gasteiger partial charge in [0.1, 0.15) is 29.0 Å². The Bertz CT molecular complexity index is 705. The Morgan fingerprint density at radius 3 is 2.48 bits per heavy atom. The van der Waals surface area contributed by atoms with Crippen molar-refractivity contribution in [2.45, 2.75) is 26.4 Å². The van der Waals surface area contributed by atoms with Gasteiger partial charge in [0.15, 0.2) is 0 Å². The lowest BCUT2D eigenvalue weighted by molar-refractivity contribution is 0.258. The second kappa shape index (κ2) is 5.13. The van der Waals surface area contributed by atoms with Crippen LogP contribution >= 0.6 is 0 Å². The van der Waals surface area contributed by atoms with Crippen LogP contribution in [0.2, 0.25) is 0 Å². The number of fused-ring (bicyclic) bond motifs is 1. The molecule has 0 aliphatic carbocycles. The summed E-state index contributed by atoms with van der Waals surface area (Å²) in [6, 6.07) is 10.2. The van der Waals surface area contributed by atoms with E-state index in [0.717, 1.165) is 28.9 Å². The zero-order valence-corrected chi connectivity index (χ0v) is 12.0. The van der Waals surface area contributed by atoms with Crippen molar-refractivity contribution < 1.29 is 14.9 Å². The molecule has 4 heteroatoms. The number of aliphatic imine (C=N–C) groups is 1. The smallest absolute Gasteiger partial charge is 0.149 e. The lowest BCUT2D eigenvalue weighted by atomic mass is 10.0. The fraction of sp³-hybridized carbons (Fsp3) is 0.235. The highest BCUT2D eigenvalue weighted by molar-refractivity contribution is 6.06. The molecule has 1 aliphatic rings. The molecular formula is C17H17NO3. The monoisotopic (exact) mass is 283 g/mol. The number of phenols is 2. The molecule has 1 atom stereocenters. The Balaban J connectivity index is 2.13. The fourth-order valence-electron chi connectivity index (χ4n) is 2.52. The van der Waals surface area contributed by atoms with Crippen LogP contribution in [-0.2, 0) is 0 Å². The van der Waals surface area contributed by atoms with Crippen molar-refractivity contribution in [3.8, 4) is 17.2 Å². The molecule has 21 heavy (non-hydrogen) atoms. The van der Waals surface area contributed by atoms with E-state index in [1.54, 1.807) is 24.3 Å². The molecule has 2 aromatic rings. The van der Waals surface area contributed by atoms with Gasteiger partial charge in [-0.1, -0.05) is 6.92 Å². The molecule has 1 unspecified atom stereocenters. The van der Waals surface area contributed by atoms with Crippen LogP contribution in [0.5, 0.6) is 17.2 Å². The second-order valence-electron chi connectivity index (χ2n) is 5.17. The van der Waals surface area contributed by atoms with Gasteiger partial charge in [0.2, 0.25) is 0 Å². The zero-order chi connectivity index (χ0) is 15.0. The number of rotatable bonds is 2. The van der Waals surface area contributed by atoms with Crippen LogP contribution in [0.15, 0.2) is 41.4 Å². The van der Waals surface area contributed by atoms with E-state index in [0.29, 0.717) is 5.75 Å². The van der Waals surface area contributed by atoms with Crippen LogP contribution in [0.1, 0.15) is 24.5 Å². The largest absolute Gasteiger partial charge is 0.508 e. The van der Waals surface area contributed by atoms with E-state index in [1.165, 1.54) is 0 Å². The number of nitrogens with zero attached hydrogens (tertiary/aromatic N) is 1. The summed E-state index contributed by atoms with van der Waals surface area (Å²) in [5.74, 6) is 1.02. The third-order valence-electron chi connectivity index (χ3n) is 3.59. The molecule has 4 nitrogen and oxygen atoms in total. The summed E-state index contributed by atoms with van der Waals surface area (Å²) in [7, 11) is 0. The Labute approximate surface area is 123 Å². The molecule has 1 heterocycles. The maximum absolute atomic E-state index is 9.69. The van der Waals surface area contributed by atoms with Crippen LogP contribution in [-0.4, -0.2) is 22.0 Å². The Morgan fingerprint density at radius 1 is 1.10 bits per heavy atom. The molecule has 0 amide bonds. The molecule has 0 radical (unpaired) electrons. The van der Waals surface area contributed by atoms with Gasteiger partial charge < -0.3 is 14.9 Å². The molecule has 1 aliphatic heterocycles. The third-order valence-corrected chi connectivity index (χ3v) is 3.59. The maximum Gasteiger partial charge on any atom is 0.149 e. The SMILES string of the molecule is CCC1Oc2cc(O)cc(C)c2N=C1c1ccc(O)cc1. The van der Waals surface area contributed by atoms with E-state index in [2.05, 4.69) is 0 Å². The number of phenolic OH excluding ortho intramolecular Hbond substituents is 2. The minimum Gasteiger partial charge on any atom is -0.508 e.